The number of nitrogens with one attached hydrogen (secondary N) is 1. The first kappa shape index (κ1) is 16.6. The van der Waals surface area contributed by atoms with Crippen molar-refractivity contribution in [3.8, 4) is 11.5 Å². The molecule has 0 saturated carbocycles. The minimum Gasteiger partial charge on any atom is -0.496 e. The van der Waals surface area contributed by atoms with Crippen LogP contribution >= 0.6 is 0 Å². The van der Waals surface area contributed by atoms with Crippen LogP contribution in [-0.2, 0) is 9.53 Å². The van der Waals surface area contributed by atoms with Crippen molar-refractivity contribution in [2.24, 2.45) is 0 Å². The summed E-state index contributed by atoms with van der Waals surface area (Å²) in [6, 6.07) is 4.34. The zero-order chi connectivity index (χ0) is 17.0. The van der Waals surface area contributed by atoms with Crippen LogP contribution in [0.1, 0.15) is 17.3 Å². The number of hydrogen-bond acceptors (Lipinski definition) is 6. The summed E-state index contributed by atoms with van der Waals surface area (Å²) in [4.78, 5) is 37.0. The Balaban J connectivity index is 2.15. The van der Waals surface area contributed by atoms with E-state index in [-0.39, 0.29) is 23.6 Å². The third-order valence-corrected chi connectivity index (χ3v) is 3.39. The summed E-state index contributed by atoms with van der Waals surface area (Å²) in [5.41, 5.74) is 0.0861. The smallest absolute Gasteiger partial charge is 0.346 e. The lowest BCUT2D eigenvalue weighted by Crippen LogP contribution is -2.41. The fourth-order valence-corrected chi connectivity index (χ4v) is 2.22. The monoisotopic (exact) mass is 322 g/mol. The SMILES string of the molecule is COc1cccc(OC)c1C(=O)OC(C)C(=O)N1CCNC1=O. The summed E-state index contributed by atoms with van der Waals surface area (Å²) in [6.45, 7) is 2.04. The second-order valence-corrected chi connectivity index (χ2v) is 4.81. The average Bonchev–Trinajstić information content (AvgIpc) is 2.98. The Hall–Kier alpha value is -2.77. The maximum absolute atomic E-state index is 12.4. The first-order valence-corrected chi connectivity index (χ1v) is 7.00. The van der Waals surface area contributed by atoms with Crippen LogP contribution < -0.4 is 14.8 Å². The molecule has 1 heterocycles. The van der Waals surface area contributed by atoms with Gasteiger partial charge in [0.2, 0.25) is 0 Å². The molecule has 1 fully saturated rings. The highest BCUT2D eigenvalue weighted by Crippen LogP contribution is 2.29. The largest absolute Gasteiger partial charge is 0.496 e. The number of benzene rings is 1. The molecule has 0 radical (unpaired) electrons. The topological polar surface area (TPSA) is 94.2 Å². The molecule has 1 aliphatic rings. The van der Waals surface area contributed by atoms with Crippen molar-refractivity contribution < 1.29 is 28.6 Å². The lowest BCUT2D eigenvalue weighted by atomic mass is 10.1. The van der Waals surface area contributed by atoms with Crippen molar-refractivity contribution in [3.05, 3.63) is 23.8 Å². The highest BCUT2D eigenvalue weighted by molar-refractivity contribution is 6.01. The van der Waals surface area contributed by atoms with Gasteiger partial charge in [-0.25, -0.2) is 9.59 Å². The first-order chi connectivity index (χ1) is 11.0. The predicted molar refractivity (Wildman–Crippen MR) is 79.5 cm³/mol. The van der Waals surface area contributed by atoms with E-state index in [0.717, 1.165) is 4.90 Å². The normalized spacial score (nSPS) is 14.9. The van der Waals surface area contributed by atoms with E-state index >= 15 is 0 Å². The van der Waals surface area contributed by atoms with E-state index in [9.17, 15) is 14.4 Å². The number of carbonyl (C=O) groups is 3. The molecule has 1 N–H and O–H groups in total. The van der Waals surface area contributed by atoms with Gasteiger partial charge in [0.25, 0.3) is 5.91 Å². The number of esters is 1. The summed E-state index contributed by atoms with van der Waals surface area (Å²) in [5, 5.41) is 2.51. The van der Waals surface area contributed by atoms with Crippen molar-refractivity contribution in [1.82, 2.24) is 10.2 Å². The van der Waals surface area contributed by atoms with Crippen LogP contribution in [0.15, 0.2) is 18.2 Å². The van der Waals surface area contributed by atoms with Gasteiger partial charge in [0.15, 0.2) is 6.10 Å². The van der Waals surface area contributed by atoms with Gasteiger partial charge in [-0.2, -0.15) is 0 Å². The highest BCUT2D eigenvalue weighted by Gasteiger charge is 2.32. The van der Waals surface area contributed by atoms with E-state index in [0.29, 0.717) is 6.54 Å². The van der Waals surface area contributed by atoms with Gasteiger partial charge in [0.05, 0.1) is 14.2 Å². The highest BCUT2D eigenvalue weighted by atomic mass is 16.6. The zero-order valence-electron chi connectivity index (χ0n) is 13.1. The van der Waals surface area contributed by atoms with Crippen LogP contribution in [0.25, 0.3) is 0 Å². The van der Waals surface area contributed by atoms with Gasteiger partial charge in [-0.1, -0.05) is 6.07 Å². The Morgan fingerprint density at radius 3 is 2.30 bits per heavy atom. The van der Waals surface area contributed by atoms with Crippen molar-refractivity contribution in [2.75, 3.05) is 27.3 Å². The zero-order valence-corrected chi connectivity index (χ0v) is 13.1. The molecule has 1 unspecified atom stereocenters. The molecule has 3 amide bonds. The number of ether oxygens (including phenoxy) is 3. The molecule has 1 aliphatic heterocycles. The summed E-state index contributed by atoms with van der Waals surface area (Å²) in [5.74, 6) is -0.803. The van der Waals surface area contributed by atoms with E-state index in [2.05, 4.69) is 5.32 Å². The van der Waals surface area contributed by atoms with E-state index in [1.54, 1.807) is 18.2 Å². The fraction of sp³-hybridized carbons (Fsp3) is 0.400. The number of methoxy groups -OCH3 is 2. The summed E-state index contributed by atoms with van der Waals surface area (Å²) >= 11 is 0. The van der Waals surface area contributed by atoms with Gasteiger partial charge in [0, 0.05) is 13.1 Å². The summed E-state index contributed by atoms with van der Waals surface area (Å²) in [6.07, 6.45) is -1.11. The Morgan fingerprint density at radius 1 is 1.22 bits per heavy atom. The standard InChI is InChI=1S/C15H18N2O6/c1-9(13(18)17-8-7-16-15(17)20)23-14(19)12-10(21-2)5-4-6-11(12)22-3/h4-6,9H,7-8H2,1-3H3,(H,16,20). The summed E-state index contributed by atoms with van der Waals surface area (Å²) in [7, 11) is 2.82. The van der Waals surface area contributed by atoms with Crippen LogP contribution in [0.2, 0.25) is 0 Å². The molecule has 0 spiro atoms. The number of hydrogen-bond donors (Lipinski definition) is 1. The molecule has 0 aliphatic carbocycles. The molecule has 0 aromatic heterocycles. The fourth-order valence-electron chi connectivity index (χ4n) is 2.22. The molecule has 23 heavy (non-hydrogen) atoms. The van der Waals surface area contributed by atoms with Crippen LogP contribution in [0.4, 0.5) is 4.79 Å². The lowest BCUT2D eigenvalue weighted by molar-refractivity contribution is -0.136. The lowest BCUT2D eigenvalue weighted by Gasteiger charge is -2.19. The van der Waals surface area contributed by atoms with Gasteiger partial charge in [-0.3, -0.25) is 9.69 Å². The van der Waals surface area contributed by atoms with Gasteiger partial charge in [-0.05, 0) is 19.1 Å². The predicted octanol–water partition coefficient (Wildman–Crippen LogP) is 0.801. The van der Waals surface area contributed by atoms with E-state index in [1.807, 2.05) is 0 Å². The molecule has 8 heteroatoms. The Morgan fingerprint density at radius 2 is 1.83 bits per heavy atom. The Bertz CT molecular complexity index is 608. The van der Waals surface area contributed by atoms with Crippen molar-refractivity contribution in [1.29, 1.82) is 0 Å². The van der Waals surface area contributed by atoms with Gasteiger partial charge < -0.3 is 19.5 Å². The number of nitrogens with zero attached hydrogens (tertiary/aromatic N) is 1. The van der Waals surface area contributed by atoms with E-state index in [1.165, 1.54) is 21.1 Å². The van der Waals surface area contributed by atoms with Crippen LogP contribution in [-0.4, -0.2) is 56.2 Å². The molecule has 1 aromatic carbocycles. The third kappa shape index (κ3) is 3.36. The van der Waals surface area contributed by atoms with Crippen molar-refractivity contribution in [2.45, 2.75) is 13.0 Å². The number of imide groups is 1. The van der Waals surface area contributed by atoms with Crippen LogP contribution in [0.5, 0.6) is 11.5 Å². The first-order valence-electron chi connectivity index (χ1n) is 7.00. The number of urea groups is 1. The minimum absolute atomic E-state index is 0.0861. The number of carbonyl (C=O) groups excluding carboxylic acids is 3. The van der Waals surface area contributed by atoms with Crippen molar-refractivity contribution in [3.63, 3.8) is 0 Å². The summed E-state index contributed by atoms with van der Waals surface area (Å²) < 4.78 is 15.4. The average molecular weight is 322 g/mol. The van der Waals surface area contributed by atoms with Crippen molar-refractivity contribution >= 4 is 17.9 Å². The van der Waals surface area contributed by atoms with Crippen LogP contribution in [0, 0.1) is 0 Å². The molecule has 8 nitrogen and oxygen atoms in total. The van der Waals surface area contributed by atoms with Gasteiger partial charge >= 0.3 is 12.0 Å². The Kier molecular flexibility index (Phi) is 5.05. The molecule has 0 bridgehead atoms. The molecule has 1 saturated heterocycles. The molecule has 124 valence electrons. The maximum atomic E-state index is 12.4. The third-order valence-electron chi connectivity index (χ3n) is 3.39. The molecular formula is C15H18N2O6. The van der Waals surface area contributed by atoms with Gasteiger partial charge in [-0.15, -0.1) is 0 Å². The minimum atomic E-state index is -1.11. The van der Waals surface area contributed by atoms with Crippen LogP contribution in [0.3, 0.4) is 0 Å². The molecular weight excluding hydrogens is 304 g/mol. The van der Waals surface area contributed by atoms with Gasteiger partial charge in [0.1, 0.15) is 17.1 Å². The second-order valence-electron chi connectivity index (χ2n) is 4.81. The number of rotatable bonds is 5. The van der Waals surface area contributed by atoms with E-state index < -0.39 is 24.0 Å². The quantitative estimate of drug-likeness (QED) is 0.806. The Labute approximate surface area is 133 Å². The molecule has 1 atom stereocenters. The molecule has 2 rings (SSSR count). The maximum Gasteiger partial charge on any atom is 0.346 e. The second kappa shape index (κ2) is 6.99. The number of amides is 3. The van der Waals surface area contributed by atoms with E-state index in [4.69, 9.17) is 14.2 Å². The molecule has 1 aromatic rings.